The summed E-state index contributed by atoms with van der Waals surface area (Å²) in [5.41, 5.74) is 2.64. The SMILES string of the molecule is Cc1nn(C)cc1CNC(=O)c1cc(Br)ccc1I. The van der Waals surface area contributed by atoms with Crippen LogP contribution in [-0.2, 0) is 13.6 Å². The highest BCUT2D eigenvalue weighted by molar-refractivity contribution is 14.1. The maximum absolute atomic E-state index is 12.1. The van der Waals surface area contributed by atoms with Gasteiger partial charge >= 0.3 is 0 Å². The molecule has 1 N–H and O–H groups in total. The largest absolute Gasteiger partial charge is 0.348 e. The molecule has 100 valence electrons. The minimum Gasteiger partial charge on any atom is -0.348 e. The van der Waals surface area contributed by atoms with E-state index in [-0.39, 0.29) is 5.91 Å². The normalized spacial score (nSPS) is 10.5. The lowest BCUT2D eigenvalue weighted by Gasteiger charge is -2.07. The van der Waals surface area contributed by atoms with Crippen molar-refractivity contribution in [1.29, 1.82) is 0 Å². The molecule has 0 bridgehead atoms. The third-order valence-corrected chi connectivity index (χ3v) is 4.16. The number of nitrogens with zero attached hydrogens (tertiary/aromatic N) is 2. The van der Waals surface area contributed by atoms with Gasteiger partial charge in [0.25, 0.3) is 5.91 Å². The molecule has 0 saturated heterocycles. The van der Waals surface area contributed by atoms with Crippen LogP contribution in [0.3, 0.4) is 0 Å². The van der Waals surface area contributed by atoms with Gasteiger partial charge in [0.1, 0.15) is 0 Å². The number of hydrogen-bond acceptors (Lipinski definition) is 2. The fourth-order valence-electron chi connectivity index (χ4n) is 1.76. The molecule has 0 fully saturated rings. The number of carbonyl (C=O) groups is 1. The molecule has 1 heterocycles. The molecule has 0 radical (unpaired) electrons. The van der Waals surface area contributed by atoms with Crippen LogP contribution in [0.5, 0.6) is 0 Å². The summed E-state index contributed by atoms with van der Waals surface area (Å²) in [5, 5.41) is 7.17. The van der Waals surface area contributed by atoms with Crippen molar-refractivity contribution in [3.63, 3.8) is 0 Å². The average molecular weight is 434 g/mol. The second-order valence-electron chi connectivity index (χ2n) is 4.22. The molecule has 1 amide bonds. The molecule has 1 aromatic heterocycles. The number of benzene rings is 1. The maximum atomic E-state index is 12.1. The Bertz CT molecular complexity index is 624. The van der Waals surface area contributed by atoms with Crippen LogP contribution in [0.4, 0.5) is 0 Å². The zero-order valence-electron chi connectivity index (χ0n) is 10.6. The van der Waals surface area contributed by atoms with Crippen molar-refractivity contribution in [3.05, 3.63) is 49.3 Å². The highest BCUT2D eigenvalue weighted by Gasteiger charge is 2.11. The first-order valence-electron chi connectivity index (χ1n) is 5.69. The van der Waals surface area contributed by atoms with E-state index >= 15 is 0 Å². The fourth-order valence-corrected chi connectivity index (χ4v) is 2.71. The van der Waals surface area contributed by atoms with Crippen LogP contribution < -0.4 is 5.32 Å². The van der Waals surface area contributed by atoms with Gasteiger partial charge in [0.15, 0.2) is 0 Å². The van der Waals surface area contributed by atoms with E-state index in [2.05, 4.69) is 48.9 Å². The van der Waals surface area contributed by atoms with Crippen LogP contribution in [0.2, 0.25) is 0 Å². The Morgan fingerprint density at radius 1 is 1.53 bits per heavy atom. The lowest BCUT2D eigenvalue weighted by Crippen LogP contribution is -2.23. The highest BCUT2D eigenvalue weighted by atomic mass is 127. The van der Waals surface area contributed by atoms with E-state index < -0.39 is 0 Å². The Balaban J connectivity index is 2.09. The summed E-state index contributed by atoms with van der Waals surface area (Å²) in [4.78, 5) is 12.1. The summed E-state index contributed by atoms with van der Waals surface area (Å²) in [7, 11) is 1.87. The van der Waals surface area contributed by atoms with Gasteiger partial charge in [-0.15, -0.1) is 0 Å². The van der Waals surface area contributed by atoms with Crippen molar-refractivity contribution in [2.75, 3.05) is 0 Å². The zero-order valence-corrected chi connectivity index (χ0v) is 14.3. The number of aryl methyl sites for hydroxylation is 2. The number of nitrogens with one attached hydrogen (secondary N) is 1. The van der Waals surface area contributed by atoms with Crippen LogP contribution in [0.1, 0.15) is 21.6 Å². The Kier molecular flexibility index (Phi) is 4.62. The van der Waals surface area contributed by atoms with Gasteiger partial charge in [-0.1, -0.05) is 15.9 Å². The van der Waals surface area contributed by atoms with E-state index in [1.54, 1.807) is 4.68 Å². The molecular weight excluding hydrogens is 421 g/mol. The average Bonchev–Trinajstić information content (AvgIpc) is 2.68. The van der Waals surface area contributed by atoms with Crippen LogP contribution in [-0.4, -0.2) is 15.7 Å². The first-order chi connectivity index (χ1) is 8.97. The quantitative estimate of drug-likeness (QED) is 0.756. The van der Waals surface area contributed by atoms with Gasteiger partial charge in [0.2, 0.25) is 0 Å². The van der Waals surface area contributed by atoms with Crippen molar-refractivity contribution in [2.24, 2.45) is 7.05 Å². The van der Waals surface area contributed by atoms with E-state index in [0.29, 0.717) is 12.1 Å². The van der Waals surface area contributed by atoms with Gasteiger partial charge in [-0.2, -0.15) is 5.10 Å². The van der Waals surface area contributed by atoms with E-state index in [1.165, 1.54) is 0 Å². The van der Waals surface area contributed by atoms with E-state index in [0.717, 1.165) is 19.3 Å². The standard InChI is InChI=1S/C13H13BrIN3O/c1-8-9(7-18(2)17-8)6-16-13(19)11-5-10(14)3-4-12(11)15/h3-5,7H,6H2,1-2H3,(H,16,19). The predicted octanol–water partition coefficient (Wildman–Crippen LogP) is 3.03. The van der Waals surface area contributed by atoms with Gasteiger partial charge < -0.3 is 5.32 Å². The minimum absolute atomic E-state index is 0.0750. The van der Waals surface area contributed by atoms with Crippen LogP contribution in [0.25, 0.3) is 0 Å². The molecule has 6 heteroatoms. The number of aromatic nitrogens is 2. The summed E-state index contributed by atoms with van der Waals surface area (Å²) in [5.74, 6) is -0.0750. The molecule has 0 atom stereocenters. The third kappa shape index (κ3) is 3.56. The van der Waals surface area contributed by atoms with E-state index in [9.17, 15) is 4.79 Å². The molecule has 0 aliphatic heterocycles. The molecular formula is C13H13BrIN3O. The topological polar surface area (TPSA) is 46.9 Å². The Labute approximate surface area is 133 Å². The second-order valence-corrected chi connectivity index (χ2v) is 6.30. The number of amides is 1. The second kappa shape index (κ2) is 6.04. The Morgan fingerprint density at radius 3 is 2.89 bits per heavy atom. The number of carbonyl (C=O) groups excluding carboxylic acids is 1. The molecule has 0 unspecified atom stereocenters. The minimum atomic E-state index is -0.0750. The third-order valence-electron chi connectivity index (χ3n) is 2.73. The van der Waals surface area contributed by atoms with Gasteiger partial charge in [-0.05, 0) is 47.7 Å². The van der Waals surface area contributed by atoms with Crippen molar-refractivity contribution in [1.82, 2.24) is 15.1 Å². The monoisotopic (exact) mass is 433 g/mol. The molecule has 1 aromatic carbocycles. The molecule has 4 nitrogen and oxygen atoms in total. The van der Waals surface area contributed by atoms with Crippen LogP contribution in [0, 0.1) is 10.5 Å². The fraction of sp³-hybridized carbons (Fsp3) is 0.231. The number of halogens is 2. The van der Waals surface area contributed by atoms with Gasteiger partial charge in [0.05, 0.1) is 11.3 Å². The van der Waals surface area contributed by atoms with Crippen LogP contribution >= 0.6 is 38.5 Å². The summed E-state index contributed by atoms with van der Waals surface area (Å²) in [6.45, 7) is 2.42. The van der Waals surface area contributed by atoms with Crippen LogP contribution in [0.15, 0.2) is 28.9 Å². The van der Waals surface area contributed by atoms with Gasteiger partial charge in [-0.25, -0.2) is 0 Å². The molecule has 2 aromatic rings. The lowest BCUT2D eigenvalue weighted by atomic mass is 10.2. The van der Waals surface area contributed by atoms with Crippen molar-refractivity contribution in [2.45, 2.75) is 13.5 Å². The first-order valence-corrected chi connectivity index (χ1v) is 7.57. The maximum Gasteiger partial charge on any atom is 0.252 e. The van der Waals surface area contributed by atoms with E-state index in [1.807, 2.05) is 38.4 Å². The Hall–Kier alpha value is -0.890. The van der Waals surface area contributed by atoms with E-state index in [4.69, 9.17) is 0 Å². The first kappa shape index (κ1) is 14.5. The highest BCUT2D eigenvalue weighted by Crippen LogP contribution is 2.18. The smallest absolute Gasteiger partial charge is 0.252 e. The summed E-state index contributed by atoms with van der Waals surface area (Å²) in [6, 6.07) is 5.66. The molecule has 0 aliphatic rings. The van der Waals surface area contributed by atoms with Crippen molar-refractivity contribution >= 4 is 44.4 Å². The van der Waals surface area contributed by atoms with Gasteiger partial charge in [0, 0.05) is 33.4 Å². The lowest BCUT2D eigenvalue weighted by molar-refractivity contribution is 0.0950. The molecule has 0 spiro atoms. The number of hydrogen-bond donors (Lipinski definition) is 1. The molecule has 2 rings (SSSR count). The van der Waals surface area contributed by atoms with Crippen molar-refractivity contribution in [3.8, 4) is 0 Å². The molecule has 0 aliphatic carbocycles. The summed E-state index contributed by atoms with van der Waals surface area (Å²) >= 11 is 5.54. The summed E-state index contributed by atoms with van der Waals surface area (Å²) < 4.78 is 3.58. The molecule has 19 heavy (non-hydrogen) atoms. The predicted molar refractivity (Wildman–Crippen MR) is 86.0 cm³/mol. The van der Waals surface area contributed by atoms with Crippen molar-refractivity contribution < 1.29 is 4.79 Å². The summed E-state index contributed by atoms with van der Waals surface area (Å²) in [6.07, 6.45) is 1.92. The molecule has 0 saturated carbocycles. The van der Waals surface area contributed by atoms with Gasteiger partial charge in [-0.3, -0.25) is 9.48 Å². The zero-order chi connectivity index (χ0) is 14.0. The number of rotatable bonds is 3. The Morgan fingerprint density at radius 2 is 2.26 bits per heavy atom.